The fourth-order valence-corrected chi connectivity index (χ4v) is 2.78. The van der Waals surface area contributed by atoms with Gasteiger partial charge in [0.2, 0.25) is 0 Å². The highest BCUT2D eigenvalue weighted by molar-refractivity contribution is 5.92. The Kier molecular flexibility index (Phi) is 4.98. The van der Waals surface area contributed by atoms with E-state index in [0.717, 1.165) is 18.5 Å². The first-order valence-electron chi connectivity index (χ1n) is 8.67. The molecular formula is C19H23F2N3O2. The number of nitrogens with one attached hydrogen (secondary N) is 1. The van der Waals surface area contributed by atoms with Crippen LogP contribution in [-0.2, 0) is 12.1 Å². The van der Waals surface area contributed by atoms with E-state index in [1.165, 1.54) is 6.07 Å². The highest BCUT2D eigenvalue weighted by Crippen LogP contribution is 2.40. The molecule has 1 aromatic heterocycles. The number of amides is 1. The minimum Gasteiger partial charge on any atom is -0.434 e. The molecule has 2 aromatic rings. The lowest BCUT2D eigenvalue weighted by Crippen LogP contribution is -2.32. The maximum Gasteiger partial charge on any atom is 0.387 e. The lowest BCUT2D eigenvalue weighted by molar-refractivity contribution is -0.0504. The van der Waals surface area contributed by atoms with Crippen molar-refractivity contribution in [2.24, 2.45) is 0 Å². The van der Waals surface area contributed by atoms with Gasteiger partial charge in [0.1, 0.15) is 11.4 Å². The van der Waals surface area contributed by atoms with E-state index >= 15 is 0 Å². The number of aromatic nitrogens is 2. The molecule has 5 nitrogen and oxygen atoms in total. The maximum absolute atomic E-state index is 12.7. The molecule has 1 fully saturated rings. The van der Waals surface area contributed by atoms with E-state index < -0.39 is 6.61 Å². The summed E-state index contributed by atoms with van der Waals surface area (Å²) in [6, 6.07) is 8.26. The molecule has 1 aliphatic rings. The molecule has 0 aliphatic heterocycles. The van der Waals surface area contributed by atoms with Crippen LogP contribution < -0.4 is 10.1 Å². The largest absolute Gasteiger partial charge is 0.434 e. The first kappa shape index (κ1) is 18.4. The van der Waals surface area contributed by atoms with Crippen LogP contribution in [0.4, 0.5) is 8.78 Å². The van der Waals surface area contributed by atoms with E-state index in [9.17, 15) is 13.6 Å². The molecule has 0 bridgehead atoms. The second kappa shape index (κ2) is 7.05. The average molecular weight is 363 g/mol. The van der Waals surface area contributed by atoms with E-state index in [4.69, 9.17) is 0 Å². The molecule has 1 amide bonds. The Bertz CT molecular complexity index is 792. The van der Waals surface area contributed by atoms with Gasteiger partial charge < -0.3 is 10.1 Å². The van der Waals surface area contributed by atoms with Crippen molar-refractivity contribution in [2.45, 2.75) is 58.2 Å². The highest BCUT2D eigenvalue weighted by atomic mass is 19.3. The fraction of sp³-hybridized carbons (Fsp3) is 0.474. The van der Waals surface area contributed by atoms with Gasteiger partial charge in [-0.25, -0.2) is 0 Å². The molecule has 3 rings (SSSR count). The summed E-state index contributed by atoms with van der Waals surface area (Å²) in [6.07, 6.45) is 2.20. The summed E-state index contributed by atoms with van der Waals surface area (Å²) in [6.45, 7) is 3.14. The number of rotatable bonds is 6. The van der Waals surface area contributed by atoms with Gasteiger partial charge >= 0.3 is 6.61 Å². The molecule has 0 saturated heterocycles. The lowest BCUT2D eigenvalue weighted by Gasteiger charge is -2.22. The van der Waals surface area contributed by atoms with Crippen LogP contribution in [0.15, 0.2) is 30.3 Å². The molecule has 0 radical (unpaired) electrons. The highest BCUT2D eigenvalue weighted by Gasteiger charge is 2.31. The van der Waals surface area contributed by atoms with Crippen molar-refractivity contribution in [2.75, 3.05) is 0 Å². The van der Waals surface area contributed by atoms with Crippen LogP contribution in [-0.4, -0.2) is 22.3 Å². The van der Waals surface area contributed by atoms with Crippen molar-refractivity contribution in [1.82, 2.24) is 15.1 Å². The molecule has 1 heterocycles. The average Bonchev–Trinajstić information content (AvgIpc) is 3.30. The summed E-state index contributed by atoms with van der Waals surface area (Å²) in [5.41, 5.74) is 1.57. The number of alkyl halides is 2. The summed E-state index contributed by atoms with van der Waals surface area (Å²) in [7, 11) is 0. The van der Waals surface area contributed by atoms with Crippen molar-refractivity contribution in [3.63, 3.8) is 0 Å². The molecule has 1 aromatic carbocycles. The third-order valence-electron chi connectivity index (χ3n) is 4.22. The summed E-state index contributed by atoms with van der Waals surface area (Å²) >= 11 is 0. The van der Waals surface area contributed by atoms with E-state index in [1.807, 2.05) is 26.8 Å². The molecule has 1 aliphatic carbocycles. The third kappa shape index (κ3) is 4.20. The molecule has 1 N–H and O–H groups in total. The van der Waals surface area contributed by atoms with Gasteiger partial charge in [-0.1, -0.05) is 18.2 Å². The Hall–Kier alpha value is -2.44. The number of carbonyl (C=O) groups excluding carboxylic acids is 1. The molecule has 1 saturated carbocycles. The van der Waals surface area contributed by atoms with Crippen LogP contribution in [0.25, 0.3) is 0 Å². The van der Waals surface area contributed by atoms with Crippen LogP contribution in [0.5, 0.6) is 5.75 Å². The first-order chi connectivity index (χ1) is 12.3. The number of hydrogen-bond acceptors (Lipinski definition) is 3. The minimum absolute atomic E-state index is 0.0609. The van der Waals surface area contributed by atoms with Gasteiger partial charge in [0, 0.05) is 18.0 Å². The number of ether oxygens (including phenoxy) is 1. The molecule has 0 atom stereocenters. The molecule has 140 valence electrons. The summed E-state index contributed by atoms with van der Waals surface area (Å²) in [5, 5.41) is 7.40. The Morgan fingerprint density at radius 1 is 1.35 bits per heavy atom. The zero-order chi connectivity index (χ0) is 18.9. The Morgan fingerprint density at radius 2 is 2.04 bits per heavy atom. The number of halogens is 2. The van der Waals surface area contributed by atoms with Gasteiger partial charge in [0.15, 0.2) is 0 Å². The fourth-order valence-electron chi connectivity index (χ4n) is 2.78. The molecule has 0 unspecified atom stereocenters. The predicted octanol–water partition coefficient (Wildman–Crippen LogP) is 4.05. The SMILES string of the molecule is CC(C)(C)n1nc(C2CC2)cc1C(=O)NCc1ccccc1OC(F)F. The third-order valence-corrected chi connectivity index (χ3v) is 4.22. The Balaban J connectivity index is 1.77. The number of para-hydroxylation sites is 1. The number of nitrogens with zero attached hydrogens (tertiary/aromatic N) is 2. The lowest BCUT2D eigenvalue weighted by atomic mass is 10.1. The van der Waals surface area contributed by atoms with Crippen molar-refractivity contribution in [3.05, 3.63) is 47.3 Å². The second-order valence-corrected chi connectivity index (χ2v) is 7.48. The maximum atomic E-state index is 12.7. The van der Waals surface area contributed by atoms with E-state index in [-0.39, 0.29) is 23.7 Å². The van der Waals surface area contributed by atoms with Gasteiger partial charge in [0.05, 0.1) is 11.2 Å². The number of benzene rings is 1. The Morgan fingerprint density at radius 3 is 2.65 bits per heavy atom. The van der Waals surface area contributed by atoms with Crippen LogP contribution in [0, 0.1) is 0 Å². The van der Waals surface area contributed by atoms with Crippen LogP contribution in [0.2, 0.25) is 0 Å². The van der Waals surface area contributed by atoms with E-state index in [1.54, 1.807) is 22.9 Å². The monoisotopic (exact) mass is 363 g/mol. The van der Waals surface area contributed by atoms with Gasteiger partial charge in [-0.2, -0.15) is 13.9 Å². The summed E-state index contributed by atoms with van der Waals surface area (Å²) in [4.78, 5) is 12.7. The van der Waals surface area contributed by atoms with Crippen molar-refractivity contribution < 1.29 is 18.3 Å². The second-order valence-electron chi connectivity index (χ2n) is 7.48. The quantitative estimate of drug-likeness (QED) is 0.842. The van der Waals surface area contributed by atoms with Crippen molar-refractivity contribution >= 4 is 5.91 Å². The van der Waals surface area contributed by atoms with Crippen molar-refractivity contribution in [3.8, 4) is 5.75 Å². The number of hydrogen-bond donors (Lipinski definition) is 1. The standard InChI is InChI=1S/C19H23F2N3O2/c1-19(2,3)24-15(10-14(23-24)12-8-9-12)17(25)22-11-13-6-4-5-7-16(13)26-18(20)21/h4-7,10,12,18H,8-9,11H2,1-3H3,(H,22,25). The first-order valence-corrected chi connectivity index (χ1v) is 8.67. The zero-order valence-electron chi connectivity index (χ0n) is 15.1. The molecule has 7 heteroatoms. The molecule has 26 heavy (non-hydrogen) atoms. The zero-order valence-corrected chi connectivity index (χ0v) is 15.1. The summed E-state index contributed by atoms with van der Waals surface area (Å²) in [5.74, 6) is 0.210. The van der Waals surface area contributed by atoms with Gasteiger partial charge in [-0.3, -0.25) is 9.48 Å². The predicted molar refractivity (Wildman–Crippen MR) is 93.4 cm³/mol. The van der Waals surface area contributed by atoms with Crippen LogP contribution in [0.1, 0.15) is 61.3 Å². The van der Waals surface area contributed by atoms with Gasteiger partial charge in [-0.05, 0) is 45.7 Å². The molecular weight excluding hydrogens is 340 g/mol. The van der Waals surface area contributed by atoms with Gasteiger partial charge in [-0.15, -0.1) is 0 Å². The Labute approximate surface area is 151 Å². The number of carbonyl (C=O) groups is 1. The summed E-state index contributed by atoms with van der Waals surface area (Å²) < 4.78 is 31.3. The van der Waals surface area contributed by atoms with Crippen LogP contribution >= 0.6 is 0 Å². The minimum atomic E-state index is -2.91. The normalized spacial score (nSPS) is 14.5. The molecule has 0 spiro atoms. The van der Waals surface area contributed by atoms with Gasteiger partial charge in [0.25, 0.3) is 5.91 Å². The van der Waals surface area contributed by atoms with E-state index in [2.05, 4.69) is 15.2 Å². The van der Waals surface area contributed by atoms with E-state index in [0.29, 0.717) is 17.2 Å². The smallest absolute Gasteiger partial charge is 0.387 e. The van der Waals surface area contributed by atoms with Crippen LogP contribution in [0.3, 0.4) is 0 Å². The topological polar surface area (TPSA) is 56.2 Å². The van der Waals surface area contributed by atoms with Crippen molar-refractivity contribution in [1.29, 1.82) is 0 Å².